The van der Waals surface area contributed by atoms with Crippen LogP contribution in [0.5, 0.6) is 0 Å². The van der Waals surface area contributed by atoms with E-state index in [1.54, 1.807) is 0 Å². The molecule has 0 radical (unpaired) electrons. The lowest BCUT2D eigenvalue weighted by Gasteiger charge is -2.02. The number of aromatic nitrogens is 2. The summed E-state index contributed by atoms with van der Waals surface area (Å²) in [6, 6.07) is 0. The summed E-state index contributed by atoms with van der Waals surface area (Å²) in [7, 11) is 1.95. The molecule has 0 atom stereocenters. The molecule has 0 unspecified atom stereocenters. The van der Waals surface area contributed by atoms with Crippen molar-refractivity contribution in [3.05, 3.63) is 11.4 Å². The SMILES string of the molecule is Cc1c(CC(C)C)nc(N)n1C. The fourth-order valence-corrected chi connectivity index (χ4v) is 1.24. The van der Waals surface area contributed by atoms with Gasteiger partial charge in [-0.15, -0.1) is 0 Å². The van der Waals surface area contributed by atoms with E-state index in [0.717, 1.165) is 12.1 Å². The van der Waals surface area contributed by atoms with Crippen molar-refractivity contribution in [3.63, 3.8) is 0 Å². The normalized spacial score (nSPS) is 11.1. The largest absolute Gasteiger partial charge is 0.369 e. The molecular weight excluding hydrogens is 150 g/mol. The third kappa shape index (κ3) is 1.60. The summed E-state index contributed by atoms with van der Waals surface area (Å²) in [5, 5.41) is 0. The average Bonchev–Trinajstić information content (AvgIpc) is 2.17. The van der Waals surface area contributed by atoms with Crippen molar-refractivity contribution in [2.45, 2.75) is 27.2 Å². The van der Waals surface area contributed by atoms with Crippen LogP contribution < -0.4 is 5.73 Å². The van der Waals surface area contributed by atoms with Crippen LogP contribution in [0.4, 0.5) is 5.95 Å². The molecule has 0 aliphatic carbocycles. The molecule has 0 aliphatic heterocycles. The zero-order chi connectivity index (χ0) is 9.30. The smallest absolute Gasteiger partial charge is 0.200 e. The molecule has 1 aromatic rings. The molecule has 68 valence electrons. The third-order valence-electron chi connectivity index (χ3n) is 2.12. The van der Waals surface area contributed by atoms with Gasteiger partial charge in [0.25, 0.3) is 0 Å². The van der Waals surface area contributed by atoms with E-state index in [1.165, 1.54) is 5.69 Å². The molecule has 3 nitrogen and oxygen atoms in total. The van der Waals surface area contributed by atoms with Gasteiger partial charge in [-0.2, -0.15) is 0 Å². The molecule has 1 rings (SSSR count). The average molecular weight is 167 g/mol. The highest BCUT2D eigenvalue weighted by Crippen LogP contribution is 2.14. The Morgan fingerprint density at radius 3 is 2.42 bits per heavy atom. The highest BCUT2D eigenvalue weighted by molar-refractivity contribution is 5.28. The van der Waals surface area contributed by atoms with Gasteiger partial charge in [0.1, 0.15) is 0 Å². The predicted molar refractivity (Wildman–Crippen MR) is 50.9 cm³/mol. The third-order valence-corrected chi connectivity index (χ3v) is 2.12. The summed E-state index contributed by atoms with van der Waals surface area (Å²) in [4.78, 5) is 4.29. The second kappa shape index (κ2) is 3.17. The van der Waals surface area contributed by atoms with Crippen molar-refractivity contribution in [3.8, 4) is 0 Å². The Morgan fingerprint density at radius 2 is 2.08 bits per heavy atom. The van der Waals surface area contributed by atoms with Crippen LogP contribution >= 0.6 is 0 Å². The molecule has 12 heavy (non-hydrogen) atoms. The molecular formula is C9H17N3. The molecule has 0 saturated heterocycles. The van der Waals surface area contributed by atoms with E-state index in [1.807, 2.05) is 11.6 Å². The molecule has 0 spiro atoms. The van der Waals surface area contributed by atoms with E-state index in [0.29, 0.717) is 11.9 Å². The minimum Gasteiger partial charge on any atom is -0.369 e. The minimum atomic E-state index is 0.614. The number of nitrogens with two attached hydrogens (primary N) is 1. The minimum absolute atomic E-state index is 0.614. The van der Waals surface area contributed by atoms with Gasteiger partial charge in [-0.1, -0.05) is 13.8 Å². The summed E-state index contributed by atoms with van der Waals surface area (Å²) < 4.78 is 1.93. The van der Waals surface area contributed by atoms with E-state index in [9.17, 15) is 0 Å². The van der Waals surface area contributed by atoms with Gasteiger partial charge < -0.3 is 10.3 Å². The van der Waals surface area contributed by atoms with Crippen LogP contribution in [0.25, 0.3) is 0 Å². The van der Waals surface area contributed by atoms with Crippen LogP contribution in [0.2, 0.25) is 0 Å². The Labute approximate surface area is 73.6 Å². The van der Waals surface area contributed by atoms with Gasteiger partial charge in [0.05, 0.1) is 5.69 Å². The van der Waals surface area contributed by atoms with Gasteiger partial charge in [0.15, 0.2) is 5.95 Å². The van der Waals surface area contributed by atoms with Crippen molar-refractivity contribution in [1.29, 1.82) is 0 Å². The number of hydrogen-bond acceptors (Lipinski definition) is 2. The molecule has 0 bridgehead atoms. The number of hydrogen-bond donors (Lipinski definition) is 1. The van der Waals surface area contributed by atoms with Crippen molar-refractivity contribution in [1.82, 2.24) is 9.55 Å². The first-order chi connectivity index (χ1) is 5.52. The molecule has 0 saturated carbocycles. The Bertz CT molecular complexity index is 274. The van der Waals surface area contributed by atoms with E-state index in [4.69, 9.17) is 5.73 Å². The lowest BCUT2D eigenvalue weighted by Crippen LogP contribution is -1.99. The number of nitrogen functional groups attached to an aromatic ring is 1. The topological polar surface area (TPSA) is 43.8 Å². The van der Waals surface area contributed by atoms with Gasteiger partial charge >= 0.3 is 0 Å². The Hall–Kier alpha value is -0.990. The Morgan fingerprint density at radius 1 is 1.50 bits per heavy atom. The summed E-state index contributed by atoms with van der Waals surface area (Å²) in [5.41, 5.74) is 7.98. The zero-order valence-electron chi connectivity index (χ0n) is 8.26. The zero-order valence-corrected chi connectivity index (χ0v) is 8.26. The number of rotatable bonds is 2. The molecule has 0 aromatic carbocycles. The van der Waals surface area contributed by atoms with Gasteiger partial charge in [0, 0.05) is 12.7 Å². The highest BCUT2D eigenvalue weighted by Gasteiger charge is 2.09. The molecule has 0 aliphatic rings. The molecule has 1 heterocycles. The number of imidazole rings is 1. The van der Waals surface area contributed by atoms with Gasteiger partial charge in [-0.25, -0.2) is 4.98 Å². The predicted octanol–water partition coefficient (Wildman–Crippen LogP) is 1.51. The summed E-state index contributed by atoms with van der Waals surface area (Å²) >= 11 is 0. The van der Waals surface area contributed by atoms with Crippen LogP contribution in [-0.2, 0) is 13.5 Å². The molecule has 1 aromatic heterocycles. The fraction of sp³-hybridized carbons (Fsp3) is 0.667. The Balaban J connectivity index is 2.93. The second-order valence-corrected chi connectivity index (χ2v) is 3.66. The van der Waals surface area contributed by atoms with Crippen LogP contribution in [0.3, 0.4) is 0 Å². The van der Waals surface area contributed by atoms with Crippen LogP contribution in [0.15, 0.2) is 0 Å². The second-order valence-electron chi connectivity index (χ2n) is 3.66. The van der Waals surface area contributed by atoms with E-state index >= 15 is 0 Å². The lowest BCUT2D eigenvalue weighted by atomic mass is 10.1. The van der Waals surface area contributed by atoms with Gasteiger partial charge in [-0.05, 0) is 19.3 Å². The standard InChI is InChI=1S/C9H17N3/c1-6(2)5-8-7(3)12(4)9(10)11-8/h6H,5H2,1-4H3,(H2,10,11). The first-order valence-corrected chi connectivity index (χ1v) is 4.30. The number of nitrogens with zero attached hydrogens (tertiary/aromatic N) is 2. The molecule has 3 heteroatoms. The number of anilines is 1. The van der Waals surface area contributed by atoms with Crippen LogP contribution in [0, 0.1) is 12.8 Å². The summed E-state index contributed by atoms with van der Waals surface area (Å²) in [6.07, 6.45) is 1.01. The van der Waals surface area contributed by atoms with Crippen molar-refractivity contribution in [2.24, 2.45) is 13.0 Å². The van der Waals surface area contributed by atoms with Crippen LogP contribution in [-0.4, -0.2) is 9.55 Å². The fourth-order valence-electron chi connectivity index (χ4n) is 1.24. The van der Waals surface area contributed by atoms with Gasteiger partial charge in [0.2, 0.25) is 0 Å². The van der Waals surface area contributed by atoms with Gasteiger partial charge in [-0.3, -0.25) is 0 Å². The van der Waals surface area contributed by atoms with Crippen molar-refractivity contribution >= 4 is 5.95 Å². The molecule has 0 fully saturated rings. The molecule has 0 amide bonds. The monoisotopic (exact) mass is 167 g/mol. The van der Waals surface area contributed by atoms with Crippen molar-refractivity contribution < 1.29 is 0 Å². The Kier molecular flexibility index (Phi) is 2.40. The summed E-state index contributed by atoms with van der Waals surface area (Å²) in [6.45, 7) is 6.43. The maximum atomic E-state index is 5.67. The van der Waals surface area contributed by atoms with E-state index in [2.05, 4.69) is 25.8 Å². The summed E-state index contributed by atoms with van der Waals surface area (Å²) in [5.74, 6) is 1.25. The molecule has 2 N–H and O–H groups in total. The maximum Gasteiger partial charge on any atom is 0.200 e. The van der Waals surface area contributed by atoms with E-state index < -0.39 is 0 Å². The lowest BCUT2D eigenvalue weighted by molar-refractivity contribution is 0.633. The van der Waals surface area contributed by atoms with Crippen LogP contribution in [0.1, 0.15) is 25.2 Å². The maximum absolute atomic E-state index is 5.67. The quantitative estimate of drug-likeness (QED) is 0.725. The van der Waals surface area contributed by atoms with E-state index in [-0.39, 0.29) is 0 Å². The van der Waals surface area contributed by atoms with Crippen molar-refractivity contribution in [2.75, 3.05) is 5.73 Å². The first-order valence-electron chi connectivity index (χ1n) is 4.30. The first kappa shape index (κ1) is 9.10. The highest BCUT2D eigenvalue weighted by atomic mass is 15.1.